The molecule has 34 heavy (non-hydrogen) atoms. The third kappa shape index (κ3) is 5.09. The Bertz CT molecular complexity index is 1100. The van der Waals surface area contributed by atoms with Crippen molar-refractivity contribution in [2.45, 2.75) is 69.8 Å². The summed E-state index contributed by atoms with van der Waals surface area (Å²) in [6.45, 7) is -0.503. The molecule has 1 saturated carbocycles. The normalized spacial score (nSPS) is 23.3. The largest absolute Gasteiger partial charge is 0.494 e. The number of amides is 3. The minimum Gasteiger partial charge on any atom is -0.494 e. The van der Waals surface area contributed by atoms with Crippen molar-refractivity contribution in [1.29, 1.82) is 5.41 Å². The first kappa shape index (κ1) is 25.3. The summed E-state index contributed by atoms with van der Waals surface area (Å²) in [5.41, 5.74) is 2.87. The van der Waals surface area contributed by atoms with Gasteiger partial charge in [-0.05, 0) is 44.4 Å². The van der Waals surface area contributed by atoms with Crippen molar-refractivity contribution in [3.05, 3.63) is 26.4 Å². The number of nitrogens with zero attached hydrogens (tertiary/aromatic N) is 3. The number of aromatic nitrogens is 2. The number of hydrogen-bond donors (Lipinski definition) is 4. The highest BCUT2D eigenvalue weighted by Crippen LogP contribution is 2.34. The lowest BCUT2D eigenvalue weighted by Crippen LogP contribution is -2.46. The van der Waals surface area contributed by atoms with Gasteiger partial charge in [0.05, 0.1) is 0 Å². The van der Waals surface area contributed by atoms with Gasteiger partial charge in [0.1, 0.15) is 17.4 Å². The molecule has 5 N–H and O–H groups in total. The van der Waals surface area contributed by atoms with E-state index in [1.807, 2.05) is 0 Å². The molecule has 1 aliphatic carbocycles. The standard InChI is InChI=1S/C20H27F3N6O5/c1-27-15(30)12(26-18(27)33)9-10-3-5-11(6-4-10)29-17(32)13(14(24)25)16(31)28(19(29)34)8-2-7-20(21,22)23/h10-12,31H,2-9H2,1H3,(H3,24,25)(H,26,33)/t10?,11?,12-/m0/s1. The van der Waals surface area contributed by atoms with Crippen molar-refractivity contribution >= 4 is 17.8 Å². The number of imide groups is 1. The highest BCUT2D eigenvalue weighted by atomic mass is 19.4. The summed E-state index contributed by atoms with van der Waals surface area (Å²) in [5, 5.41) is 20.5. The van der Waals surface area contributed by atoms with Gasteiger partial charge < -0.3 is 16.2 Å². The molecule has 2 fully saturated rings. The lowest BCUT2D eigenvalue weighted by Gasteiger charge is -2.31. The Hall–Kier alpha value is -3.32. The molecule has 3 rings (SSSR count). The van der Waals surface area contributed by atoms with Gasteiger partial charge >= 0.3 is 17.9 Å². The lowest BCUT2D eigenvalue weighted by molar-refractivity contribution is -0.136. The van der Waals surface area contributed by atoms with Crippen LogP contribution in [0.25, 0.3) is 0 Å². The third-order valence-electron chi connectivity index (χ3n) is 6.44. The minimum atomic E-state index is -4.45. The average Bonchev–Trinajstić information content (AvgIpc) is 2.97. The van der Waals surface area contributed by atoms with Crippen LogP contribution in [-0.4, -0.2) is 56.2 Å². The number of likely N-dealkylation sites (N-methyl/N-ethyl adjacent to an activating group) is 1. The maximum absolute atomic E-state index is 13.0. The molecule has 2 heterocycles. The van der Waals surface area contributed by atoms with Crippen LogP contribution in [0.5, 0.6) is 5.88 Å². The Morgan fingerprint density at radius 3 is 2.29 bits per heavy atom. The predicted molar refractivity (Wildman–Crippen MR) is 114 cm³/mol. The van der Waals surface area contributed by atoms with Gasteiger partial charge in [-0.1, -0.05) is 0 Å². The zero-order valence-electron chi connectivity index (χ0n) is 18.5. The molecule has 0 aromatic carbocycles. The van der Waals surface area contributed by atoms with E-state index in [9.17, 15) is 37.5 Å². The number of nitrogens with one attached hydrogen (secondary N) is 2. The quantitative estimate of drug-likeness (QED) is 0.254. The number of carbonyl (C=O) groups excluding carboxylic acids is 2. The maximum atomic E-state index is 13.0. The van der Waals surface area contributed by atoms with E-state index in [1.54, 1.807) is 0 Å². The number of hydrogen-bond acceptors (Lipinski definition) is 6. The summed E-state index contributed by atoms with van der Waals surface area (Å²) < 4.78 is 39.1. The van der Waals surface area contributed by atoms with Crippen molar-refractivity contribution < 1.29 is 27.9 Å². The fraction of sp³-hybridized carbons (Fsp3) is 0.650. The Labute approximate surface area is 191 Å². The van der Waals surface area contributed by atoms with Crippen LogP contribution in [0.2, 0.25) is 0 Å². The van der Waals surface area contributed by atoms with Crippen LogP contribution in [0, 0.1) is 11.3 Å². The first-order chi connectivity index (χ1) is 15.8. The second kappa shape index (κ2) is 9.50. The molecule has 0 bridgehead atoms. The molecule has 0 unspecified atom stereocenters. The van der Waals surface area contributed by atoms with E-state index in [0.29, 0.717) is 36.7 Å². The first-order valence-electron chi connectivity index (χ1n) is 10.9. The number of carbonyl (C=O) groups is 2. The Balaban J connectivity index is 1.80. The van der Waals surface area contributed by atoms with Crippen LogP contribution in [-0.2, 0) is 11.3 Å². The van der Waals surface area contributed by atoms with E-state index in [2.05, 4.69) is 5.32 Å². The highest BCUT2D eigenvalue weighted by Gasteiger charge is 2.38. The molecule has 3 amide bonds. The molecule has 1 atom stereocenters. The molecular weight excluding hydrogens is 461 g/mol. The summed E-state index contributed by atoms with van der Waals surface area (Å²) in [4.78, 5) is 50.6. The molecule has 0 spiro atoms. The monoisotopic (exact) mass is 488 g/mol. The zero-order valence-corrected chi connectivity index (χ0v) is 18.5. The van der Waals surface area contributed by atoms with Gasteiger partial charge in [0, 0.05) is 26.1 Å². The summed E-state index contributed by atoms with van der Waals surface area (Å²) in [6, 6.07) is -1.71. The van der Waals surface area contributed by atoms with Crippen molar-refractivity contribution in [1.82, 2.24) is 19.4 Å². The number of rotatable bonds is 7. The van der Waals surface area contributed by atoms with Crippen LogP contribution in [0.3, 0.4) is 0 Å². The number of urea groups is 1. The molecule has 14 heteroatoms. The fourth-order valence-corrected chi connectivity index (χ4v) is 4.63. The molecule has 2 aliphatic rings. The summed E-state index contributed by atoms with van der Waals surface area (Å²) >= 11 is 0. The fourth-order valence-electron chi connectivity index (χ4n) is 4.63. The number of halogens is 3. The van der Waals surface area contributed by atoms with Crippen LogP contribution in [0.4, 0.5) is 18.0 Å². The molecule has 11 nitrogen and oxygen atoms in total. The van der Waals surface area contributed by atoms with Crippen LogP contribution in [0.15, 0.2) is 9.59 Å². The Kier molecular flexibility index (Phi) is 7.07. The van der Waals surface area contributed by atoms with Gasteiger partial charge in [-0.15, -0.1) is 0 Å². The Morgan fingerprint density at radius 2 is 1.79 bits per heavy atom. The van der Waals surface area contributed by atoms with Gasteiger partial charge in [0.25, 0.3) is 11.5 Å². The second-order valence-electron chi connectivity index (χ2n) is 8.75. The van der Waals surface area contributed by atoms with E-state index < -0.39 is 72.2 Å². The predicted octanol–water partition coefficient (Wildman–Crippen LogP) is 1.01. The van der Waals surface area contributed by atoms with Gasteiger partial charge in [-0.3, -0.25) is 29.0 Å². The van der Waals surface area contributed by atoms with E-state index in [-0.39, 0.29) is 11.8 Å². The molecule has 0 radical (unpaired) electrons. The summed E-state index contributed by atoms with van der Waals surface area (Å²) in [6.07, 6.45) is -3.96. The Morgan fingerprint density at radius 1 is 1.18 bits per heavy atom. The number of nitrogen functional groups attached to an aromatic ring is 1. The molecule has 1 saturated heterocycles. The van der Waals surface area contributed by atoms with Crippen LogP contribution < -0.4 is 22.3 Å². The number of amidine groups is 1. The number of aromatic hydroxyl groups is 1. The molecule has 1 aromatic rings. The lowest BCUT2D eigenvalue weighted by atomic mass is 9.82. The van der Waals surface area contributed by atoms with Gasteiger partial charge in [0.2, 0.25) is 5.88 Å². The van der Waals surface area contributed by atoms with Crippen LogP contribution in [0.1, 0.15) is 56.6 Å². The third-order valence-corrected chi connectivity index (χ3v) is 6.44. The number of alkyl halides is 3. The van der Waals surface area contributed by atoms with Crippen molar-refractivity contribution in [3.8, 4) is 5.88 Å². The SMILES string of the molecule is CN1C(=O)N[C@@H](CC2CCC(n3c(=O)c(C(=N)N)c(O)n(CCCC(F)(F)F)c3=O)CC2)C1=O. The summed E-state index contributed by atoms with van der Waals surface area (Å²) in [5.74, 6) is -2.00. The van der Waals surface area contributed by atoms with E-state index in [4.69, 9.17) is 11.1 Å². The van der Waals surface area contributed by atoms with E-state index >= 15 is 0 Å². The van der Waals surface area contributed by atoms with Gasteiger partial charge in [-0.2, -0.15) is 13.2 Å². The van der Waals surface area contributed by atoms with E-state index in [0.717, 1.165) is 9.47 Å². The van der Waals surface area contributed by atoms with Crippen molar-refractivity contribution in [2.75, 3.05) is 7.05 Å². The molecular formula is C20H27F3N6O5. The highest BCUT2D eigenvalue weighted by molar-refractivity contribution is 6.03. The first-order valence-corrected chi connectivity index (χ1v) is 10.9. The summed E-state index contributed by atoms with van der Waals surface area (Å²) in [7, 11) is 1.39. The van der Waals surface area contributed by atoms with Crippen molar-refractivity contribution in [2.24, 2.45) is 11.7 Å². The maximum Gasteiger partial charge on any atom is 0.389 e. The molecule has 188 valence electrons. The minimum absolute atomic E-state index is 0.0473. The van der Waals surface area contributed by atoms with Crippen LogP contribution >= 0.6 is 0 Å². The van der Waals surface area contributed by atoms with Gasteiger partial charge in [0.15, 0.2) is 0 Å². The average molecular weight is 488 g/mol. The topological polar surface area (TPSA) is 164 Å². The number of nitrogens with two attached hydrogens (primary N) is 1. The smallest absolute Gasteiger partial charge is 0.389 e. The van der Waals surface area contributed by atoms with Crippen molar-refractivity contribution in [3.63, 3.8) is 0 Å². The zero-order chi connectivity index (χ0) is 25.4. The van der Waals surface area contributed by atoms with E-state index in [1.165, 1.54) is 7.05 Å². The molecule has 1 aromatic heterocycles. The molecule has 1 aliphatic heterocycles. The van der Waals surface area contributed by atoms with Gasteiger partial charge in [-0.25, -0.2) is 9.59 Å². The second-order valence-corrected chi connectivity index (χ2v) is 8.75.